The first-order valence-electron chi connectivity index (χ1n) is 6.05. The lowest BCUT2D eigenvalue weighted by molar-refractivity contribution is -0.137. The normalized spacial score (nSPS) is 12.0. The van der Waals surface area contributed by atoms with Gasteiger partial charge in [0.1, 0.15) is 5.15 Å². The van der Waals surface area contributed by atoms with E-state index in [0.29, 0.717) is 27.6 Å². The van der Waals surface area contributed by atoms with Crippen LogP contribution in [0.5, 0.6) is 0 Å². The van der Waals surface area contributed by atoms with Crippen LogP contribution < -0.4 is 0 Å². The molecule has 0 saturated carbocycles. The third-order valence-corrected chi connectivity index (χ3v) is 3.33. The minimum Gasteiger partial charge on any atom is -0.233 e. The highest BCUT2D eigenvalue weighted by atomic mass is 35.5. The number of aromatic nitrogens is 3. The van der Waals surface area contributed by atoms with Gasteiger partial charge in [-0.2, -0.15) is 18.3 Å². The Bertz CT molecular complexity index is 824. The molecular formula is C14H9ClF3N3. The number of hydrogen-bond acceptors (Lipinski definition) is 2. The average molecular weight is 312 g/mol. The molecule has 0 atom stereocenters. The maximum absolute atomic E-state index is 12.8. The average Bonchev–Trinajstić information content (AvgIpc) is 2.82. The van der Waals surface area contributed by atoms with Crippen molar-refractivity contribution >= 4 is 17.2 Å². The molecule has 0 saturated heterocycles. The Morgan fingerprint density at radius 3 is 2.67 bits per heavy atom. The largest absolute Gasteiger partial charge is 0.416 e. The molecule has 3 rings (SSSR count). The van der Waals surface area contributed by atoms with Crippen molar-refractivity contribution in [1.82, 2.24) is 14.6 Å². The van der Waals surface area contributed by atoms with Crippen LogP contribution in [0.2, 0.25) is 5.15 Å². The van der Waals surface area contributed by atoms with Crippen LogP contribution in [0.25, 0.3) is 16.8 Å². The summed E-state index contributed by atoms with van der Waals surface area (Å²) in [5.74, 6) is 0. The summed E-state index contributed by atoms with van der Waals surface area (Å²) in [6.07, 6.45) is -2.93. The van der Waals surface area contributed by atoms with E-state index in [9.17, 15) is 13.2 Å². The quantitative estimate of drug-likeness (QED) is 0.624. The van der Waals surface area contributed by atoms with Gasteiger partial charge in [-0.15, -0.1) is 0 Å². The van der Waals surface area contributed by atoms with Gasteiger partial charge in [0.15, 0.2) is 5.65 Å². The van der Waals surface area contributed by atoms with Gasteiger partial charge in [-0.3, -0.25) is 0 Å². The molecule has 0 aliphatic carbocycles. The fourth-order valence-electron chi connectivity index (χ4n) is 2.11. The van der Waals surface area contributed by atoms with Gasteiger partial charge < -0.3 is 0 Å². The maximum atomic E-state index is 12.8. The highest BCUT2D eigenvalue weighted by Crippen LogP contribution is 2.33. The molecule has 0 N–H and O–H groups in total. The van der Waals surface area contributed by atoms with Crippen LogP contribution in [-0.4, -0.2) is 14.6 Å². The van der Waals surface area contributed by atoms with Gasteiger partial charge in [0.25, 0.3) is 0 Å². The molecule has 3 nitrogen and oxygen atoms in total. The molecule has 0 amide bonds. The number of aryl methyl sites for hydroxylation is 1. The summed E-state index contributed by atoms with van der Waals surface area (Å²) in [6, 6.07) is 6.69. The fraction of sp³-hybridized carbons (Fsp3) is 0.143. The topological polar surface area (TPSA) is 30.2 Å². The van der Waals surface area contributed by atoms with E-state index in [1.54, 1.807) is 19.1 Å². The number of rotatable bonds is 1. The van der Waals surface area contributed by atoms with Crippen molar-refractivity contribution in [1.29, 1.82) is 0 Å². The standard InChI is InChI=1S/C14H9ClF3N3/c1-8-5-12(15)21-13(20-8)11(7-19-21)9-3-2-4-10(6-9)14(16,17)18/h2-7H,1H3. The number of halogens is 4. The van der Waals surface area contributed by atoms with Gasteiger partial charge in [-0.1, -0.05) is 23.7 Å². The Labute approximate surface area is 123 Å². The van der Waals surface area contributed by atoms with Gasteiger partial charge in [-0.25, -0.2) is 9.50 Å². The molecule has 21 heavy (non-hydrogen) atoms. The molecule has 0 fully saturated rings. The Kier molecular flexibility index (Phi) is 3.13. The minimum absolute atomic E-state index is 0.357. The molecule has 0 aliphatic heterocycles. The molecular weight excluding hydrogens is 303 g/mol. The minimum atomic E-state index is -4.39. The van der Waals surface area contributed by atoms with Crippen LogP contribution in [0.1, 0.15) is 11.3 Å². The molecule has 1 aromatic carbocycles. The van der Waals surface area contributed by atoms with Crippen LogP contribution in [0.4, 0.5) is 13.2 Å². The van der Waals surface area contributed by atoms with Crippen LogP contribution in [-0.2, 0) is 6.18 Å². The summed E-state index contributed by atoms with van der Waals surface area (Å²) in [5, 5.41) is 4.43. The second-order valence-electron chi connectivity index (χ2n) is 4.59. The maximum Gasteiger partial charge on any atom is 0.416 e. The molecule has 7 heteroatoms. The van der Waals surface area contributed by atoms with Crippen LogP contribution in [0.3, 0.4) is 0 Å². The lowest BCUT2D eigenvalue weighted by Crippen LogP contribution is -2.04. The van der Waals surface area contributed by atoms with Gasteiger partial charge in [0.05, 0.1) is 11.8 Å². The SMILES string of the molecule is Cc1cc(Cl)n2ncc(-c3cccc(C(F)(F)F)c3)c2n1. The molecule has 0 unspecified atom stereocenters. The molecule has 0 bridgehead atoms. The van der Waals surface area contributed by atoms with Crippen LogP contribution in [0.15, 0.2) is 36.5 Å². The molecule has 3 aromatic rings. The third-order valence-electron chi connectivity index (χ3n) is 3.06. The van der Waals surface area contributed by atoms with Crippen molar-refractivity contribution in [3.63, 3.8) is 0 Å². The van der Waals surface area contributed by atoms with Crippen LogP contribution in [0, 0.1) is 6.92 Å². The van der Waals surface area contributed by atoms with E-state index in [1.807, 2.05) is 0 Å². The Balaban J connectivity index is 2.22. The Hall–Kier alpha value is -2.08. The van der Waals surface area contributed by atoms with Gasteiger partial charge >= 0.3 is 6.18 Å². The summed E-state index contributed by atoms with van der Waals surface area (Å²) in [6.45, 7) is 1.76. The van der Waals surface area contributed by atoms with E-state index < -0.39 is 11.7 Å². The van der Waals surface area contributed by atoms with Crippen molar-refractivity contribution in [2.24, 2.45) is 0 Å². The lowest BCUT2D eigenvalue weighted by atomic mass is 10.1. The molecule has 108 valence electrons. The van der Waals surface area contributed by atoms with E-state index >= 15 is 0 Å². The summed E-state index contributed by atoms with van der Waals surface area (Å²) in [7, 11) is 0. The number of hydrogen-bond donors (Lipinski definition) is 0. The smallest absolute Gasteiger partial charge is 0.233 e. The molecule has 2 heterocycles. The molecule has 0 radical (unpaired) electrons. The lowest BCUT2D eigenvalue weighted by Gasteiger charge is -2.08. The van der Waals surface area contributed by atoms with Crippen molar-refractivity contribution < 1.29 is 13.2 Å². The van der Waals surface area contributed by atoms with Gasteiger partial charge in [-0.05, 0) is 30.7 Å². The second-order valence-corrected chi connectivity index (χ2v) is 4.98. The monoisotopic (exact) mass is 311 g/mol. The zero-order valence-corrected chi connectivity index (χ0v) is 11.6. The van der Waals surface area contributed by atoms with Crippen molar-refractivity contribution in [3.8, 4) is 11.1 Å². The van der Waals surface area contributed by atoms with E-state index in [2.05, 4.69) is 10.1 Å². The van der Waals surface area contributed by atoms with E-state index in [1.165, 1.54) is 16.8 Å². The predicted octanol–water partition coefficient (Wildman–Crippen LogP) is 4.38. The summed E-state index contributed by atoms with van der Waals surface area (Å²) in [4.78, 5) is 4.30. The summed E-state index contributed by atoms with van der Waals surface area (Å²) >= 11 is 6.05. The Morgan fingerprint density at radius 1 is 1.19 bits per heavy atom. The third kappa shape index (κ3) is 2.47. The summed E-state index contributed by atoms with van der Waals surface area (Å²) in [5.41, 5.74) is 1.29. The highest BCUT2D eigenvalue weighted by Gasteiger charge is 2.30. The summed E-state index contributed by atoms with van der Waals surface area (Å²) < 4.78 is 39.8. The zero-order valence-electron chi connectivity index (χ0n) is 10.8. The first kappa shape index (κ1) is 13.9. The van der Waals surface area contributed by atoms with E-state index in [-0.39, 0.29) is 0 Å². The van der Waals surface area contributed by atoms with Gasteiger partial charge in [0.2, 0.25) is 0 Å². The predicted molar refractivity (Wildman–Crippen MR) is 73.2 cm³/mol. The van der Waals surface area contributed by atoms with Crippen molar-refractivity contribution in [3.05, 3.63) is 52.9 Å². The van der Waals surface area contributed by atoms with Crippen LogP contribution >= 0.6 is 11.6 Å². The van der Waals surface area contributed by atoms with E-state index in [0.717, 1.165) is 12.1 Å². The second kappa shape index (κ2) is 4.73. The van der Waals surface area contributed by atoms with E-state index in [4.69, 9.17) is 11.6 Å². The Morgan fingerprint density at radius 2 is 1.95 bits per heavy atom. The van der Waals surface area contributed by atoms with Crippen molar-refractivity contribution in [2.45, 2.75) is 13.1 Å². The molecule has 0 spiro atoms. The zero-order chi connectivity index (χ0) is 15.2. The fourth-order valence-corrected chi connectivity index (χ4v) is 2.39. The number of benzene rings is 1. The first-order chi connectivity index (χ1) is 9.86. The molecule has 0 aliphatic rings. The number of alkyl halides is 3. The molecule has 2 aromatic heterocycles. The first-order valence-corrected chi connectivity index (χ1v) is 6.42. The van der Waals surface area contributed by atoms with Gasteiger partial charge in [0, 0.05) is 11.3 Å². The number of fused-ring (bicyclic) bond motifs is 1. The van der Waals surface area contributed by atoms with Crippen molar-refractivity contribution in [2.75, 3.05) is 0 Å². The number of nitrogens with zero attached hydrogens (tertiary/aromatic N) is 3. The highest BCUT2D eigenvalue weighted by molar-refractivity contribution is 6.29.